The third-order valence-corrected chi connectivity index (χ3v) is 35.2. The summed E-state index contributed by atoms with van der Waals surface area (Å²) in [4.78, 5) is 0. The molecule has 48 heavy (non-hydrogen) atoms. The van der Waals surface area contributed by atoms with Gasteiger partial charge in [0.1, 0.15) is 0 Å². The molecule has 8 nitrogen and oxygen atoms in total. The van der Waals surface area contributed by atoms with Crippen LogP contribution in [0.25, 0.3) is 0 Å². The van der Waals surface area contributed by atoms with E-state index in [-0.39, 0.29) is 0 Å². The molecule has 0 aromatic rings. The Morgan fingerprint density at radius 1 is 0.208 bits per heavy atom. The number of unbranched alkanes of at least 4 members (excludes halogenated alkanes) is 8. The molecular formula is C32H80O8Si8. The zero-order valence-electron chi connectivity index (χ0n) is 32.9. The Morgan fingerprint density at radius 2 is 0.312 bits per heavy atom. The van der Waals surface area contributed by atoms with Gasteiger partial charge in [-0.3, -0.25) is 0 Å². The third-order valence-electron chi connectivity index (χ3n) is 8.78. The summed E-state index contributed by atoms with van der Waals surface area (Å²) in [5, 5.41) is 0. The molecule has 1 aliphatic rings. The van der Waals surface area contributed by atoms with Crippen molar-refractivity contribution >= 4 is 74.3 Å². The van der Waals surface area contributed by atoms with E-state index in [1.54, 1.807) is 0 Å². The Hall–Kier alpha value is 1.42. The second-order valence-electron chi connectivity index (χ2n) is 13.7. The van der Waals surface area contributed by atoms with Crippen LogP contribution in [0.1, 0.15) is 158 Å². The number of rotatable bonds is 24. The summed E-state index contributed by atoms with van der Waals surface area (Å²) < 4.78 is 57.1. The SMILES string of the molecule is CCCC[SiH]1O[SiH](CCCC)O[SiH](CCCC)O[SiH](CCCC)O[SiH](CCCC)O[SiH](CCCC)O[SiH](CCCC)O[SiH](CCCC)O1. The van der Waals surface area contributed by atoms with Crippen LogP contribution in [0, 0.1) is 0 Å². The molecule has 288 valence electrons. The highest BCUT2D eigenvalue weighted by atomic mass is 28.5. The quantitative estimate of drug-likeness (QED) is 0.0902. The van der Waals surface area contributed by atoms with Crippen molar-refractivity contribution in [3.8, 4) is 0 Å². The van der Waals surface area contributed by atoms with Gasteiger partial charge in [0.2, 0.25) is 0 Å². The topological polar surface area (TPSA) is 73.8 Å². The van der Waals surface area contributed by atoms with E-state index in [0.717, 1.165) is 151 Å². The normalized spacial score (nSPS) is 28.5. The van der Waals surface area contributed by atoms with Crippen molar-refractivity contribution in [1.82, 2.24) is 0 Å². The van der Waals surface area contributed by atoms with Crippen molar-refractivity contribution in [2.75, 3.05) is 0 Å². The fourth-order valence-corrected chi connectivity index (χ4v) is 37.8. The molecule has 1 heterocycles. The second-order valence-corrected chi connectivity index (χ2v) is 33.9. The minimum atomic E-state index is -1.98. The highest BCUT2D eigenvalue weighted by Crippen LogP contribution is 2.22. The molecule has 0 saturated carbocycles. The van der Waals surface area contributed by atoms with Gasteiger partial charge in [0, 0.05) is 0 Å². The average Bonchev–Trinajstić information content (AvgIpc) is 3.08. The molecule has 1 aliphatic heterocycles. The molecule has 1 fully saturated rings. The van der Waals surface area contributed by atoms with E-state index in [0.29, 0.717) is 0 Å². The molecule has 0 aromatic heterocycles. The molecule has 16 heteroatoms. The Labute approximate surface area is 312 Å². The minimum Gasteiger partial charge on any atom is -0.420 e. The molecule has 0 bridgehead atoms. The van der Waals surface area contributed by atoms with Gasteiger partial charge in [-0.25, -0.2) is 0 Å². The van der Waals surface area contributed by atoms with Gasteiger partial charge >= 0.3 is 74.3 Å². The molecule has 0 spiro atoms. The van der Waals surface area contributed by atoms with E-state index in [9.17, 15) is 0 Å². The highest BCUT2D eigenvalue weighted by Gasteiger charge is 2.35. The van der Waals surface area contributed by atoms with E-state index in [2.05, 4.69) is 55.4 Å². The van der Waals surface area contributed by atoms with Gasteiger partial charge in [-0.05, 0) is 48.4 Å². The van der Waals surface area contributed by atoms with E-state index in [1.807, 2.05) is 0 Å². The maximum atomic E-state index is 7.14. The third kappa shape index (κ3) is 23.9. The smallest absolute Gasteiger partial charge is 0.303 e. The fourth-order valence-electron chi connectivity index (χ4n) is 5.67. The van der Waals surface area contributed by atoms with Crippen LogP contribution in [0.3, 0.4) is 0 Å². The average molecular weight is 818 g/mol. The predicted molar refractivity (Wildman–Crippen MR) is 224 cm³/mol. The predicted octanol–water partition coefficient (Wildman–Crippen LogP) is 8.30. The van der Waals surface area contributed by atoms with Crippen LogP contribution >= 0.6 is 0 Å². The first kappa shape index (κ1) is 47.4. The van der Waals surface area contributed by atoms with Crippen LogP contribution in [0.2, 0.25) is 48.4 Å². The van der Waals surface area contributed by atoms with Crippen molar-refractivity contribution < 1.29 is 32.9 Å². The summed E-state index contributed by atoms with van der Waals surface area (Å²) in [6, 6.07) is 8.31. The fraction of sp³-hybridized carbons (Fsp3) is 1.00. The molecule has 0 N–H and O–H groups in total. The Morgan fingerprint density at radius 3 is 0.396 bits per heavy atom. The molecular weight excluding hydrogens is 737 g/mol. The van der Waals surface area contributed by atoms with E-state index < -0.39 is 74.3 Å². The largest absolute Gasteiger partial charge is 0.420 e. The van der Waals surface area contributed by atoms with Crippen molar-refractivity contribution in [2.45, 2.75) is 206 Å². The van der Waals surface area contributed by atoms with Crippen LogP contribution < -0.4 is 0 Å². The van der Waals surface area contributed by atoms with Crippen molar-refractivity contribution in [2.24, 2.45) is 0 Å². The molecule has 0 aliphatic carbocycles. The van der Waals surface area contributed by atoms with Gasteiger partial charge in [-0.15, -0.1) is 0 Å². The summed E-state index contributed by atoms with van der Waals surface area (Å²) in [5.41, 5.74) is 0. The second kappa shape index (κ2) is 33.0. The van der Waals surface area contributed by atoms with E-state index in [4.69, 9.17) is 32.9 Å². The first-order valence-corrected chi connectivity index (χ1v) is 34.8. The van der Waals surface area contributed by atoms with Gasteiger partial charge in [0.25, 0.3) is 0 Å². The Kier molecular flexibility index (Phi) is 32.6. The molecule has 0 aromatic carbocycles. The molecule has 0 unspecified atom stereocenters. The monoisotopic (exact) mass is 816 g/mol. The first-order chi connectivity index (χ1) is 23.5. The molecule has 1 rings (SSSR count). The van der Waals surface area contributed by atoms with Gasteiger partial charge in [0.15, 0.2) is 0 Å². The van der Waals surface area contributed by atoms with Gasteiger partial charge in [-0.1, -0.05) is 158 Å². The summed E-state index contributed by atoms with van der Waals surface area (Å²) in [6.45, 7) is 18.2. The van der Waals surface area contributed by atoms with Crippen molar-refractivity contribution in [3.63, 3.8) is 0 Å². The van der Waals surface area contributed by atoms with Crippen molar-refractivity contribution in [3.05, 3.63) is 0 Å². The lowest BCUT2D eigenvalue weighted by molar-refractivity contribution is 0.278. The zero-order chi connectivity index (χ0) is 35.2. The molecule has 0 radical (unpaired) electrons. The van der Waals surface area contributed by atoms with Gasteiger partial charge in [0.05, 0.1) is 0 Å². The lowest BCUT2D eigenvalue weighted by Gasteiger charge is -2.34. The lowest BCUT2D eigenvalue weighted by atomic mass is 10.4. The standard InChI is InChI=1S/C32H80O8Si8/c1-9-17-25-41-33-42(26-18-10-2)35-44(28-20-12-4)37-46(30-22-14-6)39-48(32-24-16-8)40-47(31-23-15-7)38-45(29-21-13-5)36-43(34-41)27-19-11-3/h41-48H,9-32H2,1-8H3. The molecule has 1 saturated heterocycles. The van der Waals surface area contributed by atoms with E-state index >= 15 is 0 Å². The van der Waals surface area contributed by atoms with Gasteiger partial charge < -0.3 is 32.9 Å². The maximum Gasteiger partial charge on any atom is 0.303 e. The summed E-state index contributed by atoms with van der Waals surface area (Å²) in [6.07, 6.45) is 18.4. The summed E-state index contributed by atoms with van der Waals surface area (Å²) in [7, 11) is -15.8. The van der Waals surface area contributed by atoms with Gasteiger partial charge in [-0.2, -0.15) is 0 Å². The summed E-state index contributed by atoms with van der Waals surface area (Å²) in [5.74, 6) is 0. The van der Waals surface area contributed by atoms with Crippen LogP contribution in [0.15, 0.2) is 0 Å². The lowest BCUT2D eigenvalue weighted by Crippen LogP contribution is -2.48. The highest BCUT2D eigenvalue weighted by molar-refractivity contribution is 6.74. The molecule has 0 atom stereocenters. The Bertz CT molecular complexity index is 527. The summed E-state index contributed by atoms with van der Waals surface area (Å²) >= 11 is 0. The van der Waals surface area contributed by atoms with Crippen molar-refractivity contribution in [1.29, 1.82) is 0 Å². The minimum absolute atomic E-state index is 1.04. The van der Waals surface area contributed by atoms with E-state index in [1.165, 1.54) is 0 Å². The van der Waals surface area contributed by atoms with Crippen LogP contribution in [-0.4, -0.2) is 74.3 Å². The van der Waals surface area contributed by atoms with Crippen LogP contribution in [-0.2, 0) is 32.9 Å². The first-order valence-electron chi connectivity index (χ1n) is 20.7. The number of hydrogen-bond donors (Lipinski definition) is 0. The van der Waals surface area contributed by atoms with Crippen LogP contribution in [0.5, 0.6) is 0 Å². The maximum absolute atomic E-state index is 7.14. The number of hydrogen-bond acceptors (Lipinski definition) is 8. The Balaban J connectivity index is 3.62. The van der Waals surface area contributed by atoms with Crippen LogP contribution in [0.4, 0.5) is 0 Å². The molecule has 0 amide bonds. The zero-order valence-corrected chi connectivity index (χ0v) is 42.1.